The largest absolute Gasteiger partial charge is 0.381 e. The Labute approximate surface area is 86.0 Å². The number of amides is 1. The van der Waals surface area contributed by atoms with Crippen LogP contribution in [0.2, 0.25) is 0 Å². The zero-order valence-electron chi connectivity index (χ0n) is 9.21. The summed E-state index contributed by atoms with van der Waals surface area (Å²) < 4.78 is 5.33. The summed E-state index contributed by atoms with van der Waals surface area (Å²) in [7, 11) is 0. The fourth-order valence-electron chi connectivity index (χ4n) is 0.964. The van der Waals surface area contributed by atoms with E-state index >= 15 is 0 Å². The Kier molecular flexibility index (Phi) is 6.49. The molecular formula is C10H22N2O2. The van der Waals surface area contributed by atoms with Crippen LogP contribution in [0.25, 0.3) is 0 Å². The lowest BCUT2D eigenvalue weighted by Gasteiger charge is -2.19. The van der Waals surface area contributed by atoms with E-state index in [0.717, 1.165) is 13.0 Å². The van der Waals surface area contributed by atoms with E-state index < -0.39 is 11.4 Å². The number of rotatable bonds is 8. The van der Waals surface area contributed by atoms with Gasteiger partial charge in [0.1, 0.15) is 0 Å². The first-order valence-electron chi connectivity index (χ1n) is 5.17. The van der Waals surface area contributed by atoms with Crippen molar-refractivity contribution in [2.45, 2.75) is 45.1 Å². The van der Waals surface area contributed by atoms with Gasteiger partial charge in [-0.15, -0.1) is 0 Å². The molecular weight excluding hydrogens is 180 g/mol. The van der Waals surface area contributed by atoms with Crippen molar-refractivity contribution >= 4 is 5.91 Å². The number of primary amides is 1. The maximum atomic E-state index is 10.8. The molecule has 0 aliphatic carbocycles. The molecule has 0 bridgehead atoms. The van der Waals surface area contributed by atoms with Crippen molar-refractivity contribution < 1.29 is 9.53 Å². The average molecular weight is 202 g/mol. The Morgan fingerprint density at radius 1 is 1.36 bits per heavy atom. The van der Waals surface area contributed by atoms with Crippen molar-refractivity contribution in [3.8, 4) is 0 Å². The predicted octanol–water partition coefficient (Wildman–Crippen LogP) is 0.786. The highest BCUT2D eigenvalue weighted by molar-refractivity contribution is 5.83. The van der Waals surface area contributed by atoms with E-state index in [-0.39, 0.29) is 0 Å². The molecule has 1 atom stereocenters. The zero-order valence-corrected chi connectivity index (χ0v) is 9.21. The molecule has 0 heterocycles. The number of hydrogen-bond acceptors (Lipinski definition) is 3. The second kappa shape index (κ2) is 6.79. The first-order valence-corrected chi connectivity index (χ1v) is 5.17. The first kappa shape index (κ1) is 13.4. The second-order valence-electron chi connectivity index (χ2n) is 3.85. The first-order chi connectivity index (χ1) is 6.50. The highest BCUT2D eigenvalue weighted by Crippen LogP contribution is 2.05. The number of hydrogen-bond donors (Lipinski definition) is 2. The number of carbonyl (C=O) groups excluding carboxylic acids is 1. The summed E-state index contributed by atoms with van der Waals surface area (Å²) >= 11 is 0. The molecule has 0 rings (SSSR count). The van der Waals surface area contributed by atoms with E-state index in [0.29, 0.717) is 13.0 Å². The fraction of sp³-hybridized carbons (Fsp3) is 0.900. The normalized spacial score (nSPS) is 15.1. The molecule has 4 N–H and O–H groups in total. The third-order valence-electron chi connectivity index (χ3n) is 2.22. The van der Waals surface area contributed by atoms with Gasteiger partial charge in [-0.25, -0.2) is 0 Å². The third-order valence-corrected chi connectivity index (χ3v) is 2.22. The van der Waals surface area contributed by atoms with Gasteiger partial charge in [0, 0.05) is 13.2 Å². The van der Waals surface area contributed by atoms with Crippen LogP contribution in [0.3, 0.4) is 0 Å². The smallest absolute Gasteiger partial charge is 0.237 e. The van der Waals surface area contributed by atoms with Gasteiger partial charge in [0.2, 0.25) is 5.91 Å². The Balaban J connectivity index is 3.40. The van der Waals surface area contributed by atoms with Gasteiger partial charge >= 0.3 is 0 Å². The minimum atomic E-state index is -0.940. The van der Waals surface area contributed by atoms with Crippen LogP contribution in [0.1, 0.15) is 39.5 Å². The summed E-state index contributed by atoms with van der Waals surface area (Å²) in [4.78, 5) is 10.8. The van der Waals surface area contributed by atoms with Gasteiger partial charge in [-0.2, -0.15) is 0 Å². The molecule has 14 heavy (non-hydrogen) atoms. The van der Waals surface area contributed by atoms with E-state index in [1.54, 1.807) is 6.92 Å². The molecule has 0 aromatic rings. The third kappa shape index (κ3) is 5.94. The highest BCUT2D eigenvalue weighted by atomic mass is 16.5. The van der Waals surface area contributed by atoms with Crippen molar-refractivity contribution in [1.82, 2.24) is 0 Å². The zero-order chi connectivity index (χ0) is 11.0. The lowest BCUT2D eigenvalue weighted by atomic mass is 9.99. The van der Waals surface area contributed by atoms with E-state index in [1.165, 1.54) is 12.8 Å². The number of carbonyl (C=O) groups is 1. The van der Waals surface area contributed by atoms with Gasteiger partial charge in [-0.3, -0.25) is 4.79 Å². The molecule has 0 spiro atoms. The van der Waals surface area contributed by atoms with Crippen molar-refractivity contribution in [1.29, 1.82) is 0 Å². The average Bonchev–Trinajstić information content (AvgIpc) is 2.10. The van der Waals surface area contributed by atoms with Gasteiger partial charge in [0.15, 0.2) is 0 Å². The number of nitrogens with two attached hydrogens (primary N) is 2. The van der Waals surface area contributed by atoms with Crippen LogP contribution in [0.5, 0.6) is 0 Å². The Bertz CT molecular complexity index is 170. The monoisotopic (exact) mass is 202 g/mol. The quantitative estimate of drug-likeness (QED) is 0.571. The van der Waals surface area contributed by atoms with Crippen LogP contribution in [0.4, 0.5) is 0 Å². The molecule has 0 aliphatic heterocycles. The van der Waals surface area contributed by atoms with E-state index in [9.17, 15) is 4.79 Å². The minimum absolute atomic E-state index is 0.477. The van der Waals surface area contributed by atoms with Gasteiger partial charge in [0.25, 0.3) is 0 Å². The molecule has 0 aliphatic rings. The summed E-state index contributed by atoms with van der Waals surface area (Å²) in [5, 5.41) is 0. The maximum absolute atomic E-state index is 10.8. The molecule has 4 heteroatoms. The van der Waals surface area contributed by atoms with Crippen molar-refractivity contribution in [3.05, 3.63) is 0 Å². The number of ether oxygens (including phenoxy) is 1. The Hall–Kier alpha value is -0.610. The molecule has 0 saturated heterocycles. The van der Waals surface area contributed by atoms with Gasteiger partial charge in [-0.05, 0) is 19.8 Å². The van der Waals surface area contributed by atoms with Crippen LogP contribution in [0, 0.1) is 0 Å². The summed E-state index contributed by atoms with van der Waals surface area (Å²) in [5.41, 5.74) is 9.82. The van der Waals surface area contributed by atoms with Crippen LogP contribution in [0.15, 0.2) is 0 Å². The van der Waals surface area contributed by atoms with Crippen molar-refractivity contribution in [2.75, 3.05) is 13.2 Å². The van der Waals surface area contributed by atoms with Crippen molar-refractivity contribution in [3.63, 3.8) is 0 Å². The fourth-order valence-corrected chi connectivity index (χ4v) is 0.964. The number of unbranched alkanes of at least 4 members (excludes halogenated alkanes) is 2. The van der Waals surface area contributed by atoms with Gasteiger partial charge in [-0.1, -0.05) is 19.8 Å². The minimum Gasteiger partial charge on any atom is -0.381 e. The summed E-state index contributed by atoms with van der Waals surface area (Å²) in [6.45, 7) is 5.01. The van der Waals surface area contributed by atoms with E-state index in [1.807, 2.05) is 0 Å². The predicted molar refractivity (Wildman–Crippen MR) is 56.7 cm³/mol. The topological polar surface area (TPSA) is 78.3 Å². The molecule has 4 nitrogen and oxygen atoms in total. The molecule has 1 unspecified atom stereocenters. The molecule has 84 valence electrons. The van der Waals surface area contributed by atoms with Crippen LogP contribution in [-0.4, -0.2) is 24.7 Å². The van der Waals surface area contributed by atoms with Crippen LogP contribution < -0.4 is 11.5 Å². The van der Waals surface area contributed by atoms with Crippen LogP contribution >= 0.6 is 0 Å². The molecule has 0 fully saturated rings. The second-order valence-corrected chi connectivity index (χ2v) is 3.85. The van der Waals surface area contributed by atoms with E-state index in [4.69, 9.17) is 16.2 Å². The molecule has 0 radical (unpaired) electrons. The lowest BCUT2D eigenvalue weighted by Crippen LogP contribution is -2.50. The Morgan fingerprint density at radius 2 is 2.00 bits per heavy atom. The summed E-state index contributed by atoms with van der Waals surface area (Å²) in [6.07, 6.45) is 3.90. The van der Waals surface area contributed by atoms with Crippen molar-refractivity contribution in [2.24, 2.45) is 11.5 Å². The molecule has 0 saturated carbocycles. The summed E-state index contributed by atoms with van der Waals surface area (Å²) in [5.74, 6) is -0.477. The van der Waals surface area contributed by atoms with Gasteiger partial charge in [0.05, 0.1) is 5.54 Å². The summed E-state index contributed by atoms with van der Waals surface area (Å²) in [6, 6.07) is 0. The van der Waals surface area contributed by atoms with Crippen LogP contribution in [-0.2, 0) is 9.53 Å². The molecule has 0 aromatic heterocycles. The van der Waals surface area contributed by atoms with E-state index in [2.05, 4.69) is 6.92 Å². The maximum Gasteiger partial charge on any atom is 0.237 e. The van der Waals surface area contributed by atoms with Gasteiger partial charge < -0.3 is 16.2 Å². The Morgan fingerprint density at radius 3 is 2.50 bits per heavy atom. The highest BCUT2D eigenvalue weighted by Gasteiger charge is 2.24. The SMILES string of the molecule is CCCCCOCCC(C)(N)C(N)=O. The molecule has 1 amide bonds. The standard InChI is InChI=1S/C10H22N2O2/c1-3-4-5-7-14-8-6-10(2,12)9(11)13/h3-8,12H2,1-2H3,(H2,11,13). The lowest BCUT2D eigenvalue weighted by molar-refractivity contribution is -0.123. The molecule has 0 aromatic carbocycles.